The maximum absolute atomic E-state index is 14.2. The third-order valence-corrected chi connectivity index (χ3v) is 3.78. The van der Waals surface area contributed by atoms with Gasteiger partial charge in [0.2, 0.25) is 0 Å². The summed E-state index contributed by atoms with van der Waals surface area (Å²) in [5, 5.41) is 25.3. The number of carboxylic acids is 1. The van der Waals surface area contributed by atoms with Crippen LogP contribution in [0.4, 0.5) is 15.8 Å². The molecule has 4 N–H and O–H groups in total. The van der Waals surface area contributed by atoms with Crippen molar-refractivity contribution >= 4 is 17.3 Å². The smallest absolute Gasteiger partial charge is 0.337 e. The van der Waals surface area contributed by atoms with Crippen molar-refractivity contribution < 1.29 is 19.4 Å². The number of carbonyl (C=O) groups is 1. The Labute approximate surface area is 121 Å². The first-order valence-electron chi connectivity index (χ1n) is 7.05. The van der Waals surface area contributed by atoms with Crippen LogP contribution < -0.4 is 15.5 Å². The second-order valence-electron chi connectivity index (χ2n) is 5.45. The van der Waals surface area contributed by atoms with Crippen molar-refractivity contribution in [3.8, 4) is 0 Å². The molecule has 0 radical (unpaired) electrons. The maximum atomic E-state index is 14.2. The lowest BCUT2D eigenvalue weighted by Gasteiger charge is -2.35. The summed E-state index contributed by atoms with van der Waals surface area (Å²) >= 11 is 0. The van der Waals surface area contributed by atoms with Crippen LogP contribution in [-0.4, -0.2) is 48.1 Å². The van der Waals surface area contributed by atoms with Crippen molar-refractivity contribution in [2.24, 2.45) is 0 Å². The SMILES string of the molecule is O=C(O)c1cc(F)c(N2CCNCC2O)cc1NC1CC1. The fraction of sp³-hybridized carbons (Fsp3) is 0.500. The lowest BCUT2D eigenvalue weighted by Crippen LogP contribution is -2.51. The molecule has 1 aliphatic carbocycles. The molecule has 3 rings (SSSR count). The molecule has 0 bridgehead atoms. The van der Waals surface area contributed by atoms with Crippen LogP contribution in [0.3, 0.4) is 0 Å². The minimum absolute atomic E-state index is 0.0761. The Kier molecular flexibility index (Phi) is 3.69. The molecule has 21 heavy (non-hydrogen) atoms. The lowest BCUT2D eigenvalue weighted by atomic mass is 10.1. The Morgan fingerprint density at radius 1 is 1.43 bits per heavy atom. The van der Waals surface area contributed by atoms with Crippen molar-refractivity contribution in [3.05, 3.63) is 23.5 Å². The third kappa shape index (κ3) is 2.93. The highest BCUT2D eigenvalue weighted by Gasteiger charge is 2.27. The highest BCUT2D eigenvalue weighted by molar-refractivity contribution is 5.95. The first-order chi connectivity index (χ1) is 10.1. The molecule has 1 aromatic rings. The number of carboxylic acid groups (broad SMARTS) is 1. The Hall–Kier alpha value is -1.86. The first-order valence-corrected chi connectivity index (χ1v) is 7.05. The Morgan fingerprint density at radius 3 is 2.81 bits per heavy atom. The molecule has 6 nitrogen and oxygen atoms in total. The lowest BCUT2D eigenvalue weighted by molar-refractivity contribution is 0.0697. The molecule has 1 aliphatic heterocycles. The van der Waals surface area contributed by atoms with Crippen LogP contribution in [0.1, 0.15) is 23.2 Å². The molecule has 1 saturated heterocycles. The summed E-state index contributed by atoms with van der Waals surface area (Å²) < 4.78 is 14.2. The summed E-state index contributed by atoms with van der Waals surface area (Å²) in [6, 6.07) is 2.78. The zero-order valence-corrected chi connectivity index (χ0v) is 11.5. The highest BCUT2D eigenvalue weighted by Crippen LogP contribution is 2.32. The van der Waals surface area contributed by atoms with Gasteiger partial charge in [-0.2, -0.15) is 0 Å². The molecule has 2 aliphatic rings. The van der Waals surface area contributed by atoms with Gasteiger partial charge in [-0.1, -0.05) is 0 Å². The summed E-state index contributed by atoms with van der Waals surface area (Å²) in [4.78, 5) is 12.8. The predicted molar refractivity (Wildman–Crippen MR) is 76.2 cm³/mol. The number of nitrogens with one attached hydrogen (secondary N) is 2. The van der Waals surface area contributed by atoms with Crippen molar-refractivity contribution in [2.45, 2.75) is 25.1 Å². The topological polar surface area (TPSA) is 84.8 Å². The van der Waals surface area contributed by atoms with E-state index in [0.29, 0.717) is 25.3 Å². The number of aromatic carboxylic acids is 1. The number of halogens is 1. The van der Waals surface area contributed by atoms with Gasteiger partial charge in [-0.3, -0.25) is 0 Å². The second-order valence-corrected chi connectivity index (χ2v) is 5.45. The molecule has 0 spiro atoms. The highest BCUT2D eigenvalue weighted by atomic mass is 19.1. The minimum atomic E-state index is -1.16. The zero-order chi connectivity index (χ0) is 15.0. The Bertz CT molecular complexity index is 563. The van der Waals surface area contributed by atoms with Crippen LogP contribution in [0.15, 0.2) is 12.1 Å². The fourth-order valence-corrected chi connectivity index (χ4v) is 2.50. The average molecular weight is 295 g/mol. The number of piperazine rings is 1. The molecular formula is C14H18FN3O3. The first kappa shape index (κ1) is 14.1. The molecule has 0 aromatic heterocycles. The second kappa shape index (κ2) is 5.50. The summed E-state index contributed by atoms with van der Waals surface area (Å²) in [5.74, 6) is -1.79. The summed E-state index contributed by atoms with van der Waals surface area (Å²) in [5.41, 5.74) is 0.567. The predicted octanol–water partition coefficient (Wildman–Crippen LogP) is 0.826. The number of anilines is 2. The van der Waals surface area contributed by atoms with E-state index in [1.54, 1.807) is 4.90 Å². The molecule has 7 heteroatoms. The zero-order valence-electron chi connectivity index (χ0n) is 11.5. The van der Waals surface area contributed by atoms with E-state index in [-0.39, 0.29) is 17.3 Å². The van der Waals surface area contributed by atoms with E-state index < -0.39 is 18.0 Å². The molecule has 114 valence electrons. The molecular weight excluding hydrogens is 277 g/mol. The standard InChI is InChI=1S/C14H18FN3O3/c15-10-5-9(14(20)21)11(17-8-1-2-8)6-12(10)18-4-3-16-7-13(18)19/h5-6,8,13,16-17,19H,1-4,7H2,(H,20,21). The van der Waals surface area contributed by atoms with Gasteiger partial charge in [0.15, 0.2) is 0 Å². The minimum Gasteiger partial charge on any atom is -0.478 e. The van der Waals surface area contributed by atoms with E-state index in [2.05, 4.69) is 10.6 Å². The number of β-amino-alcohol motifs (C(OH)–C–C–N with tert-alkyl or cyclic N) is 1. The number of aliphatic hydroxyl groups is 1. The monoisotopic (exact) mass is 295 g/mol. The van der Waals surface area contributed by atoms with Gasteiger partial charge in [0.1, 0.15) is 12.0 Å². The van der Waals surface area contributed by atoms with E-state index in [1.165, 1.54) is 6.07 Å². The molecule has 1 unspecified atom stereocenters. The van der Waals surface area contributed by atoms with Crippen molar-refractivity contribution in [2.75, 3.05) is 29.9 Å². The number of nitrogens with zero attached hydrogens (tertiary/aromatic N) is 1. The largest absolute Gasteiger partial charge is 0.478 e. The van der Waals surface area contributed by atoms with Crippen LogP contribution in [0.25, 0.3) is 0 Å². The number of rotatable bonds is 4. The summed E-state index contributed by atoms with van der Waals surface area (Å²) in [7, 11) is 0. The van der Waals surface area contributed by atoms with Crippen LogP contribution in [-0.2, 0) is 0 Å². The van der Waals surface area contributed by atoms with Crippen LogP contribution in [0.5, 0.6) is 0 Å². The molecule has 1 heterocycles. The van der Waals surface area contributed by atoms with Crippen LogP contribution in [0.2, 0.25) is 0 Å². The van der Waals surface area contributed by atoms with Crippen LogP contribution in [0, 0.1) is 5.82 Å². The molecule has 1 atom stereocenters. The maximum Gasteiger partial charge on any atom is 0.337 e. The van der Waals surface area contributed by atoms with E-state index in [0.717, 1.165) is 18.9 Å². The van der Waals surface area contributed by atoms with Gasteiger partial charge in [0.25, 0.3) is 0 Å². The third-order valence-electron chi connectivity index (χ3n) is 3.78. The number of hydrogen-bond donors (Lipinski definition) is 4. The van der Waals surface area contributed by atoms with Gasteiger partial charge in [-0.15, -0.1) is 0 Å². The van der Waals surface area contributed by atoms with Crippen molar-refractivity contribution in [3.63, 3.8) is 0 Å². The molecule has 1 aromatic carbocycles. The Morgan fingerprint density at radius 2 is 2.19 bits per heavy atom. The van der Waals surface area contributed by atoms with E-state index in [9.17, 15) is 19.4 Å². The van der Waals surface area contributed by atoms with Crippen molar-refractivity contribution in [1.29, 1.82) is 0 Å². The molecule has 0 amide bonds. The van der Waals surface area contributed by atoms with E-state index in [4.69, 9.17) is 0 Å². The van der Waals surface area contributed by atoms with Gasteiger partial charge < -0.3 is 25.7 Å². The number of benzene rings is 1. The van der Waals surface area contributed by atoms with Crippen LogP contribution >= 0.6 is 0 Å². The fourth-order valence-electron chi connectivity index (χ4n) is 2.50. The average Bonchev–Trinajstić information content (AvgIpc) is 3.25. The van der Waals surface area contributed by atoms with E-state index >= 15 is 0 Å². The van der Waals surface area contributed by atoms with Gasteiger partial charge in [-0.25, -0.2) is 9.18 Å². The number of aliphatic hydroxyl groups excluding tert-OH is 1. The quantitative estimate of drug-likeness (QED) is 0.658. The van der Waals surface area contributed by atoms with Crippen molar-refractivity contribution in [1.82, 2.24) is 5.32 Å². The normalized spacial score (nSPS) is 22.2. The van der Waals surface area contributed by atoms with Gasteiger partial charge in [-0.05, 0) is 25.0 Å². The molecule has 1 saturated carbocycles. The van der Waals surface area contributed by atoms with Gasteiger partial charge >= 0.3 is 5.97 Å². The molecule has 2 fully saturated rings. The summed E-state index contributed by atoms with van der Waals surface area (Å²) in [6.07, 6.45) is 1.15. The Balaban J connectivity index is 1.97. The van der Waals surface area contributed by atoms with E-state index in [1.807, 2.05) is 0 Å². The van der Waals surface area contributed by atoms with Gasteiger partial charge in [0.05, 0.1) is 16.9 Å². The number of hydrogen-bond acceptors (Lipinski definition) is 5. The summed E-state index contributed by atoms with van der Waals surface area (Å²) in [6.45, 7) is 1.46. The van der Waals surface area contributed by atoms with Gasteiger partial charge in [0, 0.05) is 25.7 Å².